The molecule has 1 saturated carbocycles. The number of methoxy groups -OCH3 is 2. The minimum atomic E-state index is -1.31. The molecule has 0 aliphatic heterocycles. The molecule has 3 atom stereocenters. The lowest BCUT2D eigenvalue weighted by Gasteiger charge is -2.31. The zero-order valence-electron chi connectivity index (χ0n) is 7.09. The largest absolute Gasteiger partial charge is 0.350 e. The molecule has 0 aromatic heterocycles. The minimum absolute atomic E-state index is 0.368. The number of rotatable bonds is 2. The molecule has 76 valence electrons. The topological polar surface area (TPSA) is 35.5 Å². The third-order valence-corrected chi connectivity index (χ3v) is 3.83. The summed E-state index contributed by atoms with van der Waals surface area (Å²) in [6.07, 6.45) is 0. The fraction of sp³-hybridized carbons (Fsp3) is 0.857. The maximum absolute atomic E-state index is 11.3. The van der Waals surface area contributed by atoms with Crippen molar-refractivity contribution >= 4 is 40.6 Å². The minimum Gasteiger partial charge on any atom is -0.350 e. The average Bonchev–Trinajstić information content (AvgIpc) is 2.31. The Bertz CT molecular complexity index is 217. The van der Waals surface area contributed by atoms with Gasteiger partial charge in [-0.15, -0.1) is 34.8 Å². The first-order chi connectivity index (χ1) is 6.01. The molecule has 0 amide bonds. The quantitative estimate of drug-likeness (QED) is 0.546. The normalized spacial score (nSPS) is 38.2. The molecule has 3 nitrogen and oxygen atoms in total. The van der Waals surface area contributed by atoms with Crippen molar-refractivity contribution in [2.75, 3.05) is 14.2 Å². The molecule has 0 bridgehead atoms. The number of ether oxygens (including phenoxy) is 2. The van der Waals surface area contributed by atoms with Crippen molar-refractivity contribution in [2.45, 2.75) is 21.9 Å². The Morgan fingerprint density at radius 3 is 1.85 bits per heavy atom. The monoisotopic (exact) mass is 246 g/mol. The molecule has 0 heterocycles. The second kappa shape index (κ2) is 3.91. The summed E-state index contributed by atoms with van der Waals surface area (Å²) in [7, 11) is 2.74. The van der Waals surface area contributed by atoms with E-state index in [1.165, 1.54) is 14.2 Å². The highest BCUT2D eigenvalue weighted by Gasteiger charge is 2.60. The second-order valence-corrected chi connectivity index (χ2v) is 4.07. The van der Waals surface area contributed by atoms with Gasteiger partial charge in [0.1, 0.15) is 16.1 Å². The summed E-state index contributed by atoms with van der Waals surface area (Å²) < 4.78 is 10.0. The van der Waals surface area contributed by atoms with E-state index < -0.39 is 21.9 Å². The number of hydrogen-bond acceptors (Lipinski definition) is 3. The van der Waals surface area contributed by atoms with Gasteiger partial charge >= 0.3 is 0 Å². The summed E-state index contributed by atoms with van der Waals surface area (Å²) >= 11 is 17.4. The van der Waals surface area contributed by atoms with E-state index in [-0.39, 0.29) is 5.78 Å². The number of carbonyl (C=O) groups excluding carboxylic acids is 1. The summed E-state index contributed by atoms with van der Waals surface area (Å²) in [5.74, 6) is -1.68. The van der Waals surface area contributed by atoms with Crippen molar-refractivity contribution in [1.29, 1.82) is 0 Å². The van der Waals surface area contributed by atoms with Crippen molar-refractivity contribution in [3.63, 3.8) is 0 Å². The molecule has 13 heavy (non-hydrogen) atoms. The van der Waals surface area contributed by atoms with Crippen LogP contribution in [0.5, 0.6) is 0 Å². The first kappa shape index (κ1) is 11.5. The Balaban J connectivity index is 3.03. The summed E-state index contributed by atoms with van der Waals surface area (Å²) in [5, 5.41) is -2.62. The van der Waals surface area contributed by atoms with E-state index in [1.807, 2.05) is 0 Å². The van der Waals surface area contributed by atoms with Crippen LogP contribution in [0.25, 0.3) is 0 Å². The van der Waals surface area contributed by atoms with Crippen LogP contribution in [-0.2, 0) is 14.3 Å². The van der Waals surface area contributed by atoms with E-state index in [1.54, 1.807) is 0 Å². The van der Waals surface area contributed by atoms with Crippen molar-refractivity contribution in [3.05, 3.63) is 0 Å². The molecule has 0 N–H and O–H groups in total. The lowest BCUT2D eigenvalue weighted by molar-refractivity contribution is -0.194. The molecule has 0 spiro atoms. The maximum atomic E-state index is 11.3. The molecule has 1 aliphatic carbocycles. The van der Waals surface area contributed by atoms with Gasteiger partial charge in [-0.25, -0.2) is 0 Å². The van der Waals surface area contributed by atoms with Crippen LogP contribution in [-0.4, -0.2) is 41.9 Å². The van der Waals surface area contributed by atoms with E-state index in [9.17, 15) is 4.79 Å². The van der Waals surface area contributed by atoms with E-state index in [2.05, 4.69) is 0 Å². The highest BCUT2D eigenvalue weighted by molar-refractivity contribution is 6.47. The molecular formula is C7H9Cl3O3. The lowest BCUT2D eigenvalue weighted by atomic mass is 10.2. The fourth-order valence-corrected chi connectivity index (χ4v) is 2.65. The van der Waals surface area contributed by atoms with Crippen LogP contribution in [0, 0.1) is 0 Å². The van der Waals surface area contributed by atoms with E-state index in [4.69, 9.17) is 44.3 Å². The zero-order valence-corrected chi connectivity index (χ0v) is 9.36. The summed E-state index contributed by atoms with van der Waals surface area (Å²) in [6.45, 7) is 0. The van der Waals surface area contributed by atoms with Crippen LogP contribution in [0.1, 0.15) is 0 Å². The van der Waals surface area contributed by atoms with Crippen LogP contribution in [0.4, 0.5) is 0 Å². The number of alkyl halides is 3. The molecule has 1 aliphatic rings. The van der Waals surface area contributed by atoms with Crippen molar-refractivity contribution < 1.29 is 14.3 Å². The van der Waals surface area contributed by atoms with Crippen molar-refractivity contribution in [1.82, 2.24) is 0 Å². The van der Waals surface area contributed by atoms with Gasteiger partial charge in [0.05, 0.1) is 0 Å². The fourth-order valence-electron chi connectivity index (χ4n) is 1.34. The Morgan fingerprint density at radius 1 is 1.23 bits per heavy atom. The number of halogens is 3. The predicted molar refractivity (Wildman–Crippen MR) is 50.7 cm³/mol. The number of carbonyl (C=O) groups is 1. The van der Waals surface area contributed by atoms with Crippen LogP contribution in [0.2, 0.25) is 0 Å². The van der Waals surface area contributed by atoms with Gasteiger partial charge in [-0.2, -0.15) is 0 Å². The molecule has 3 unspecified atom stereocenters. The Hall–Kier alpha value is 0.460. The molecule has 1 fully saturated rings. The highest BCUT2D eigenvalue weighted by Crippen LogP contribution is 2.41. The summed E-state index contributed by atoms with van der Waals surface area (Å²) in [5.41, 5.74) is 0. The Labute approximate surface area is 91.2 Å². The van der Waals surface area contributed by atoms with Gasteiger partial charge in [-0.3, -0.25) is 4.79 Å². The molecule has 0 aromatic rings. The standard InChI is InChI=1S/C7H9Cl3O3/c1-12-7(13-2)5(9)3(8)4(11)6(7)10/h3,5-6H,1-2H3. The zero-order chi connectivity index (χ0) is 10.2. The summed E-state index contributed by atoms with van der Waals surface area (Å²) in [6, 6.07) is 0. The van der Waals surface area contributed by atoms with Crippen molar-refractivity contribution in [2.24, 2.45) is 0 Å². The smallest absolute Gasteiger partial charge is 0.210 e. The van der Waals surface area contributed by atoms with E-state index in [0.717, 1.165) is 0 Å². The SMILES string of the molecule is COC1(OC)C(Cl)C(=O)C(Cl)C1Cl. The molecule has 0 saturated heterocycles. The van der Waals surface area contributed by atoms with Crippen LogP contribution < -0.4 is 0 Å². The third kappa shape index (κ3) is 1.47. The number of ketones is 1. The van der Waals surface area contributed by atoms with Gasteiger partial charge in [0.2, 0.25) is 5.79 Å². The Kier molecular flexibility index (Phi) is 3.47. The van der Waals surface area contributed by atoms with E-state index >= 15 is 0 Å². The van der Waals surface area contributed by atoms with Gasteiger partial charge in [0.25, 0.3) is 0 Å². The first-order valence-corrected chi connectivity index (χ1v) is 4.88. The molecule has 0 aromatic carbocycles. The first-order valence-electron chi connectivity index (χ1n) is 3.57. The lowest BCUT2D eigenvalue weighted by Crippen LogP contribution is -2.47. The van der Waals surface area contributed by atoms with Crippen LogP contribution in [0.3, 0.4) is 0 Å². The number of hydrogen-bond donors (Lipinski definition) is 0. The number of Topliss-reactive ketones (excluding diaryl/α,β-unsaturated/α-hetero) is 1. The van der Waals surface area contributed by atoms with Crippen molar-refractivity contribution in [3.8, 4) is 0 Å². The average molecular weight is 248 g/mol. The second-order valence-electron chi connectivity index (χ2n) is 2.70. The van der Waals surface area contributed by atoms with Gasteiger partial charge in [-0.05, 0) is 0 Å². The molecule has 1 rings (SSSR count). The Morgan fingerprint density at radius 2 is 1.69 bits per heavy atom. The van der Waals surface area contributed by atoms with Gasteiger partial charge in [-0.1, -0.05) is 0 Å². The van der Waals surface area contributed by atoms with E-state index in [0.29, 0.717) is 0 Å². The van der Waals surface area contributed by atoms with Gasteiger partial charge in [0, 0.05) is 14.2 Å². The summed E-state index contributed by atoms with van der Waals surface area (Å²) in [4.78, 5) is 11.3. The van der Waals surface area contributed by atoms with Gasteiger partial charge < -0.3 is 9.47 Å². The third-order valence-electron chi connectivity index (χ3n) is 2.15. The van der Waals surface area contributed by atoms with Crippen LogP contribution in [0.15, 0.2) is 0 Å². The predicted octanol–water partition coefficient (Wildman–Crippen LogP) is 1.38. The van der Waals surface area contributed by atoms with Gasteiger partial charge in [0.15, 0.2) is 5.78 Å². The maximum Gasteiger partial charge on any atom is 0.210 e. The highest BCUT2D eigenvalue weighted by atomic mass is 35.5. The van der Waals surface area contributed by atoms with Crippen LogP contribution >= 0.6 is 34.8 Å². The molecular weight excluding hydrogens is 238 g/mol. The molecule has 0 radical (unpaired) electrons. The molecule has 6 heteroatoms.